The molecule has 6 nitrogen and oxygen atoms in total. The second-order valence-corrected chi connectivity index (χ2v) is 7.24. The van der Waals surface area contributed by atoms with E-state index in [1.807, 2.05) is 26.8 Å². The number of hydrogen-bond acceptors (Lipinski definition) is 7. The molecule has 0 aromatic carbocycles. The zero-order valence-electron chi connectivity index (χ0n) is 13.9. The van der Waals surface area contributed by atoms with Crippen LogP contribution in [0.25, 0.3) is 0 Å². The Bertz CT molecular complexity index is 666. The predicted octanol–water partition coefficient (Wildman–Crippen LogP) is 3.01. The number of rotatable bonds is 9. The number of aromatic nitrogens is 3. The first kappa shape index (κ1) is 18.0. The summed E-state index contributed by atoms with van der Waals surface area (Å²) in [5.41, 5.74) is 2.86. The van der Waals surface area contributed by atoms with Gasteiger partial charge in [0.1, 0.15) is 0 Å². The minimum Gasteiger partial charge on any atom is -0.383 e. The lowest BCUT2D eigenvalue weighted by Crippen LogP contribution is -2.09. The molecule has 0 spiro atoms. The van der Waals surface area contributed by atoms with Crippen molar-refractivity contribution in [1.82, 2.24) is 14.8 Å². The van der Waals surface area contributed by atoms with Gasteiger partial charge in [0.05, 0.1) is 12.4 Å². The van der Waals surface area contributed by atoms with Crippen molar-refractivity contribution >= 4 is 34.0 Å². The molecule has 8 heteroatoms. The molecular formula is C15H22N4O2S2. The van der Waals surface area contributed by atoms with Crippen LogP contribution in [-0.2, 0) is 11.3 Å². The molecule has 2 aromatic heterocycles. The number of nitrogens with one attached hydrogen (secondary N) is 1. The number of thioether (sulfide) groups is 1. The Balaban J connectivity index is 2.00. The lowest BCUT2D eigenvalue weighted by atomic mass is 10.2. The molecule has 0 unspecified atom stereocenters. The van der Waals surface area contributed by atoms with Gasteiger partial charge in [-0.1, -0.05) is 23.1 Å². The summed E-state index contributed by atoms with van der Waals surface area (Å²) in [5.74, 6) is 0.488. The number of hydrogen-bond donors (Lipinski definition) is 1. The summed E-state index contributed by atoms with van der Waals surface area (Å²) >= 11 is 2.91. The third kappa shape index (κ3) is 4.55. The highest BCUT2D eigenvalue weighted by atomic mass is 32.2. The predicted molar refractivity (Wildman–Crippen MR) is 94.9 cm³/mol. The van der Waals surface area contributed by atoms with Crippen molar-refractivity contribution in [3.63, 3.8) is 0 Å². The Hall–Kier alpha value is -1.38. The van der Waals surface area contributed by atoms with Crippen LogP contribution in [-0.4, -0.2) is 46.6 Å². The number of nitrogens with zero attached hydrogens (tertiary/aromatic N) is 3. The van der Waals surface area contributed by atoms with E-state index >= 15 is 0 Å². The number of aryl methyl sites for hydroxylation is 1. The number of ether oxygens (including phenoxy) is 1. The van der Waals surface area contributed by atoms with Crippen LogP contribution >= 0.6 is 23.1 Å². The highest BCUT2D eigenvalue weighted by Gasteiger charge is 2.16. The standard InChI is InChI=1S/C15H22N4O2S2/c1-5-16-14-17-18-15(23-14)22-9-13(20)12-8-10(2)19(11(12)3)6-7-21-4/h8H,5-7,9H2,1-4H3,(H,16,17). The molecule has 126 valence electrons. The van der Waals surface area contributed by atoms with Crippen LogP contribution in [0.2, 0.25) is 0 Å². The lowest BCUT2D eigenvalue weighted by molar-refractivity contribution is 0.102. The summed E-state index contributed by atoms with van der Waals surface area (Å²) < 4.78 is 8.05. The number of carbonyl (C=O) groups is 1. The second-order valence-electron chi connectivity index (χ2n) is 5.04. The van der Waals surface area contributed by atoms with Gasteiger partial charge in [-0.05, 0) is 26.8 Å². The van der Waals surface area contributed by atoms with Crippen LogP contribution in [0, 0.1) is 13.8 Å². The van der Waals surface area contributed by atoms with Crippen molar-refractivity contribution in [1.29, 1.82) is 0 Å². The third-order valence-corrected chi connectivity index (χ3v) is 5.47. The van der Waals surface area contributed by atoms with E-state index in [-0.39, 0.29) is 5.78 Å². The van der Waals surface area contributed by atoms with Gasteiger partial charge in [-0.2, -0.15) is 0 Å². The summed E-state index contributed by atoms with van der Waals surface area (Å²) in [6.45, 7) is 8.21. The Kier molecular flexibility index (Phi) is 6.61. The van der Waals surface area contributed by atoms with Gasteiger partial charge in [-0.25, -0.2) is 0 Å². The van der Waals surface area contributed by atoms with E-state index in [0.717, 1.165) is 39.5 Å². The van der Waals surface area contributed by atoms with Gasteiger partial charge in [-0.3, -0.25) is 4.79 Å². The molecule has 2 rings (SSSR count). The van der Waals surface area contributed by atoms with Crippen molar-refractivity contribution in [3.8, 4) is 0 Å². The topological polar surface area (TPSA) is 69.0 Å². The van der Waals surface area contributed by atoms with Gasteiger partial charge < -0.3 is 14.6 Å². The summed E-state index contributed by atoms with van der Waals surface area (Å²) in [5, 5.41) is 12.0. The highest BCUT2D eigenvalue weighted by molar-refractivity contribution is 8.01. The molecule has 0 amide bonds. The molecule has 0 aliphatic rings. The van der Waals surface area contributed by atoms with Crippen LogP contribution in [0.1, 0.15) is 28.7 Å². The van der Waals surface area contributed by atoms with E-state index < -0.39 is 0 Å². The molecule has 0 atom stereocenters. The number of anilines is 1. The van der Waals surface area contributed by atoms with Crippen molar-refractivity contribution < 1.29 is 9.53 Å². The maximum absolute atomic E-state index is 12.5. The average Bonchev–Trinajstić information content (AvgIpc) is 3.09. The van der Waals surface area contributed by atoms with Gasteiger partial charge in [0.2, 0.25) is 5.13 Å². The van der Waals surface area contributed by atoms with Crippen LogP contribution in [0.4, 0.5) is 5.13 Å². The maximum atomic E-state index is 12.5. The largest absolute Gasteiger partial charge is 0.383 e. The van der Waals surface area contributed by atoms with Gasteiger partial charge in [-0.15, -0.1) is 10.2 Å². The SMILES string of the molecule is CCNc1nnc(SCC(=O)c2cc(C)n(CCOC)c2C)s1. The number of carbonyl (C=O) groups excluding carboxylic acids is 1. The van der Waals surface area contributed by atoms with Crippen LogP contribution < -0.4 is 5.32 Å². The zero-order chi connectivity index (χ0) is 16.8. The number of ketones is 1. The molecule has 0 aliphatic carbocycles. The van der Waals surface area contributed by atoms with Crippen LogP contribution in [0.5, 0.6) is 0 Å². The van der Waals surface area contributed by atoms with E-state index in [9.17, 15) is 4.79 Å². The smallest absolute Gasteiger partial charge is 0.206 e. The molecular weight excluding hydrogens is 332 g/mol. The summed E-state index contributed by atoms with van der Waals surface area (Å²) in [6.07, 6.45) is 0. The van der Waals surface area contributed by atoms with Crippen molar-refractivity contribution in [3.05, 3.63) is 23.0 Å². The van der Waals surface area contributed by atoms with Gasteiger partial charge in [0, 0.05) is 37.2 Å². The first-order valence-corrected chi connectivity index (χ1v) is 9.26. The Morgan fingerprint density at radius 2 is 2.22 bits per heavy atom. The molecule has 0 saturated heterocycles. The second kappa shape index (κ2) is 8.47. The van der Waals surface area contributed by atoms with Gasteiger partial charge in [0.15, 0.2) is 10.1 Å². The molecule has 23 heavy (non-hydrogen) atoms. The van der Waals surface area contributed by atoms with E-state index in [1.165, 1.54) is 23.1 Å². The Morgan fingerprint density at radius 1 is 1.43 bits per heavy atom. The first-order chi connectivity index (χ1) is 11.1. The minimum atomic E-state index is 0.118. The molecule has 0 fully saturated rings. The van der Waals surface area contributed by atoms with E-state index in [0.29, 0.717) is 12.4 Å². The Morgan fingerprint density at radius 3 is 2.91 bits per heavy atom. The fourth-order valence-corrected chi connectivity index (χ4v) is 4.01. The molecule has 2 heterocycles. The molecule has 0 bridgehead atoms. The lowest BCUT2D eigenvalue weighted by Gasteiger charge is -2.08. The highest BCUT2D eigenvalue weighted by Crippen LogP contribution is 2.26. The maximum Gasteiger partial charge on any atom is 0.206 e. The molecule has 0 saturated carbocycles. The average molecular weight is 355 g/mol. The summed E-state index contributed by atoms with van der Waals surface area (Å²) in [6, 6.07) is 1.96. The van der Waals surface area contributed by atoms with Crippen molar-refractivity contribution in [2.75, 3.05) is 31.3 Å². The molecule has 0 radical (unpaired) electrons. The van der Waals surface area contributed by atoms with Gasteiger partial charge >= 0.3 is 0 Å². The van der Waals surface area contributed by atoms with Crippen LogP contribution in [0.3, 0.4) is 0 Å². The van der Waals surface area contributed by atoms with E-state index in [4.69, 9.17) is 4.74 Å². The fraction of sp³-hybridized carbons (Fsp3) is 0.533. The summed E-state index contributed by atoms with van der Waals surface area (Å²) in [4.78, 5) is 12.5. The molecule has 1 N–H and O–H groups in total. The normalized spacial score (nSPS) is 11.0. The molecule has 0 aliphatic heterocycles. The van der Waals surface area contributed by atoms with Crippen molar-refractivity contribution in [2.24, 2.45) is 0 Å². The van der Waals surface area contributed by atoms with Crippen LogP contribution in [0.15, 0.2) is 10.4 Å². The third-order valence-electron chi connectivity index (χ3n) is 3.45. The fourth-order valence-electron chi connectivity index (χ4n) is 2.31. The number of Topliss-reactive ketones (excluding diaryl/α,β-unsaturated/α-hetero) is 1. The zero-order valence-corrected chi connectivity index (χ0v) is 15.5. The van der Waals surface area contributed by atoms with E-state index in [2.05, 4.69) is 20.1 Å². The number of methoxy groups -OCH3 is 1. The van der Waals surface area contributed by atoms with E-state index in [1.54, 1.807) is 7.11 Å². The first-order valence-electron chi connectivity index (χ1n) is 7.45. The van der Waals surface area contributed by atoms with Gasteiger partial charge in [0.25, 0.3) is 0 Å². The van der Waals surface area contributed by atoms with Crippen molar-refractivity contribution in [2.45, 2.75) is 31.7 Å². The summed E-state index contributed by atoms with van der Waals surface area (Å²) in [7, 11) is 1.68. The quantitative estimate of drug-likeness (QED) is 0.551. The molecule has 2 aromatic rings. The Labute approximate surface area is 144 Å². The minimum absolute atomic E-state index is 0.118. The monoisotopic (exact) mass is 354 g/mol.